The Morgan fingerprint density at radius 1 is 1.13 bits per heavy atom. The average molecular weight is 616 g/mol. The fourth-order valence-corrected chi connectivity index (χ4v) is 5.34. The molecule has 2 aromatic carbocycles. The average Bonchev–Trinajstić information content (AvgIpc) is 3.43. The van der Waals surface area contributed by atoms with Crippen molar-refractivity contribution >= 4 is 45.3 Å². The molecule has 0 radical (unpaired) electrons. The number of allylic oxidation sites excluding steroid dienone is 1. The van der Waals surface area contributed by atoms with Crippen LogP contribution in [-0.2, 0) is 16.6 Å². The van der Waals surface area contributed by atoms with Gasteiger partial charge in [-0.15, -0.1) is 5.10 Å². The summed E-state index contributed by atoms with van der Waals surface area (Å²) in [5, 5.41) is 11.2. The van der Waals surface area contributed by atoms with Gasteiger partial charge in [-0.05, 0) is 49.4 Å². The van der Waals surface area contributed by atoms with Crippen LogP contribution in [0.3, 0.4) is 0 Å². The first kappa shape index (κ1) is 29.8. The van der Waals surface area contributed by atoms with E-state index >= 15 is 4.39 Å². The van der Waals surface area contributed by atoms with E-state index in [1.165, 1.54) is 18.5 Å². The number of methoxy groups -OCH3 is 1. The first-order chi connectivity index (χ1) is 21.9. The normalized spacial score (nSPS) is 15.4. The number of carbonyl (C=O) groups excluding carboxylic acids is 1. The lowest BCUT2D eigenvalue weighted by molar-refractivity contribution is -0.129. The highest BCUT2D eigenvalue weighted by Crippen LogP contribution is 2.34. The van der Waals surface area contributed by atoms with E-state index in [0.29, 0.717) is 71.5 Å². The molecule has 1 fully saturated rings. The predicted octanol–water partition coefficient (Wildman–Crippen LogP) is 4.48. The summed E-state index contributed by atoms with van der Waals surface area (Å²) in [6.07, 6.45) is 3.84. The van der Waals surface area contributed by atoms with Crippen LogP contribution in [0.15, 0.2) is 60.9 Å². The van der Waals surface area contributed by atoms with Crippen molar-refractivity contribution in [3.63, 3.8) is 0 Å². The number of aromatic nitrogens is 6. The number of pyridine rings is 1. The van der Waals surface area contributed by atoms with Gasteiger partial charge in [0.05, 0.1) is 29.4 Å². The summed E-state index contributed by atoms with van der Waals surface area (Å²) in [6, 6.07) is 12.1. The topological polar surface area (TPSA) is 123 Å². The summed E-state index contributed by atoms with van der Waals surface area (Å²) in [5.41, 5.74) is 3.07. The fraction of sp³-hybridized carbons (Fsp3) is 0.290. The standard InChI is InChI=1S/C31H31F2N9O3/c1-19-26(45-21-6-9-25-24(15-21)38-39-40(25)2)10-7-22(29(19)33)36-31-30-23(34-18-35-31)8-11-27(37-30)41-13-14-42(20(16-41)17-44-3)28(43)5-4-12-32/h4-11,15,18,20H,12-14,16-17H2,1-3H3,(H,34,35,36)/b5-4+/t20-/m0/s1. The second-order valence-corrected chi connectivity index (χ2v) is 10.5. The van der Waals surface area contributed by atoms with Crippen LogP contribution in [0.1, 0.15) is 5.56 Å². The molecule has 6 rings (SSSR count). The monoisotopic (exact) mass is 615 g/mol. The summed E-state index contributed by atoms with van der Waals surface area (Å²) in [5.74, 6) is 1.09. The fourth-order valence-electron chi connectivity index (χ4n) is 5.34. The number of carbonyl (C=O) groups is 1. The highest BCUT2D eigenvalue weighted by Gasteiger charge is 2.30. The highest BCUT2D eigenvalue weighted by atomic mass is 19.1. The number of rotatable bonds is 9. The van der Waals surface area contributed by atoms with Crippen LogP contribution in [0.5, 0.6) is 11.5 Å². The van der Waals surface area contributed by atoms with Gasteiger partial charge in [0.2, 0.25) is 5.91 Å². The van der Waals surface area contributed by atoms with Crippen molar-refractivity contribution in [3.05, 3.63) is 72.3 Å². The van der Waals surface area contributed by atoms with Crippen LogP contribution in [0.4, 0.5) is 26.1 Å². The van der Waals surface area contributed by atoms with Gasteiger partial charge in [0.15, 0.2) is 11.6 Å². The van der Waals surface area contributed by atoms with E-state index in [1.807, 2.05) is 23.1 Å². The van der Waals surface area contributed by atoms with Crippen molar-refractivity contribution in [2.24, 2.45) is 7.05 Å². The molecule has 45 heavy (non-hydrogen) atoms. The largest absolute Gasteiger partial charge is 0.457 e. The Balaban J connectivity index is 1.23. The third-order valence-electron chi connectivity index (χ3n) is 7.67. The van der Waals surface area contributed by atoms with Gasteiger partial charge in [-0.25, -0.2) is 28.4 Å². The van der Waals surface area contributed by atoms with E-state index in [4.69, 9.17) is 14.5 Å². The molecule has 0 unspecified atom stereocenters. The lowest BCUT2D eigenvalue weighted by atomic mass is 10.1. The van der Waals surface area contributed by atoms with Crippen LogP contribution >= 0.6 is 0 Å². The van der Waals surface area contributed by atoms with Gasteiger partial charge < -0.3 is 24.6 Å². The number of alkyl halides is 1. The first-order valence-corrected chi connectivity index (χ1v) is 14.3. The SMILES string of the molecule is COC[C@@H]1CN(c2ccc3ncnc(Nc4ccc(Oc5ccc6c(c5)nnn6C)c(C)c4F)c3n2)CCN1C(=O)/C=C/CF. The smallest absolute Gasteiger partial charge is 0.246 e. The number of halogens is 2. The van der Waals surface area contributed by atoms with Gasteiger partial charge >= 0.3 is 0 Å². The molecular weight excluding hydrogens is 584 g/mol. The number of benzene rings is 2. The number of hydrogen-bond donors (Lipinski definition) is 1. The Morgan fingerprint density at radius 3 is 2.82 bits per heavy atom. The minimum absolute atomic E-state index is 0.199. The molecule has 1 N–H and O–H groups in total. The summed E-state index contributed by atoms with van der Waals surface area (Å²) >= 11 is 0. The van der Waals surface area contributed by atoms with Crippen LogP contribution in [-0.4, -0.2) is 86.8 Å². The van der Waals surface area contributed by atoms with Crippen molar-refractivity contribution in [1.29, 1.82) is 0 Å². The van der Waals surface area contributed by atoms with E-state index in [2.05, 4.69) is 25.6 Å². The number of ether oxygens (including phenoxy) is 2. The minimum atomic E-state index is -0.706. The molecule has 14 heteroatoms. The highest BCUT2D eigenvalue weighted by molar-refractivity contribution is 5.89. The van der Waals surface area contributed by atoms with Gasteiger partial charge in [0.25, 0.3) is 0 Å². The molecule has 0 aliphatic carbocycles. The maximum atomic E-state index is 15.7. The van der Waals surface area contributed by atoms with E-state index in [1.54, 1.807) is 54.9 Å². The zero-order valence-electron chi connectivity index (χ0n) is 24.9. The molecule has 12 nitrogen and oxygen atoms in total. The van der Waals surface area contributed by atoms with Crippen molar-refractivity contribution in [3.8, 4) is 11.5 Å². The molecule has 5 aromatic rings. The Kier molecular flexibility index (Phi) is 8.47. The number of hydrogen-bond acceptors (Lipinski definition) is 10. The number of nitrogens with one attached hydrogen (secondary N) is 1. The molecule has 1 aliphatic heterocycles. The molecule has 232 valence electrons. The second kappa shape index (κ2) is 12.8. The zero-order chi connectivity index (χ0) is 31.5. The third kappa shape index (κ3) is 6.09. The number of amides is 1. The van der Waals surface area contributed by atoms with Crippen LogP contribution in [0.25, 0.3) is 22.1 Å². The van der Waals surface area contributed by atoms with Crippen molar-refractivity contribution in [1.82, 2.24) is 34.8 Å². The van der Waals surface area contributed by atoms with Crippen LogP contribution < -0.4 is 15.0 Å². The van der Waals surface area contributed by atoms with Crippen molar-refractivity contribution in [2.45, 2.75) is 13.0 Å². The first-order valence-electron chi connectivity index (χ1n) is 14.3. The quantitative estimate of drug-likeness (QED) is 0.238. The van der Waals surface area contributed by atoms with Crippen LogP contribution in [0.2, 0.25) is 0 Å². The number of fused-ring (bicyclic) bond motifs is 2. The van der Waals surface area contributed by atoms with E-state index in [0.717, 1.165) is 5.52 Å². The molecule has 0 bridgehead atoms. The molecule has 4 heterocycles. The molecule has 1 atom stereocenters. The van der Waals surface area contributed by atoms with Gasteiger partial charge in [-0.1, -0.05) is 5.21 Å². The summed E-state index contributed by atoms with van der Waals surface area (Å²) in [4.78, 5) is 29.8. The molecule has 0 spiro atoms. The second-order valence-electron chi connectivity index (χ2n) is 10.5. The molecular formula is C31H31F2N9O3. The Morgan fingerprint density at radius 2 is 2.00 bits per heavy atom. The van der Waals surface area contributed by atoms with Gasteiger partial charge in [-0.2, -0.15) is 0 Å². The molecule has 1 saturated heterocycles. The minimum Gasteiger partial charge on any atom is -0.457 e. The number of aryl methyl sites for hydroxylation is 1. The van der Waals surface area contributed by atoms with Crippen LogP contribution in [0, 0.1) is 12.7 Å². The van der Waals surface area contributed by atoms with Gasteiger partial charge in [0.1, 0.15) is 41.4 Å². The predicted molar refractivity (Wildman–Crippen MR) is 165 cm³/mol. The molecule has 1 amide bonds. The summed E-state index contributed by atoms with van der Waals surface area (Å²) in [6.45, 7) is 2.61. The Bertz CT molecular complexity index is 1900. The molecule has 1 aliphatic rings. The lowest BCUT2D eigenvalue weighted by Gasteiger charge is -2.41. The maximum Gasteiger partial charge on any atom is 0.246 e. The number of piperazine rings is 1. The van der Waals surface area contributed by atoms with E-state index < -0.39 is 12.5 Å². The van der Waals surface area contributed by atoms with Crippen molar-refractivity contribution < 1.29 is 23.0 Å². The van der Waals surface area contributed by atoms with Gasteiger partial charge in [0, 0.05) is 51.5 Å². The Labute approximate surface area is 257 Å². The van der Waals surface area contributed by atoms with E-state index in [9.17, 15) is 9.18 Å². The lowest BCUT2D eigenvalue weighted by Crippen LogP contribution is -2.56. The number of anilines is 3. The molecule has 3 aromatic heterocycles. The zero-order valence-corrected chi connectivity index (χ0v) is 24.9. The van der Waals surface area contributed by atoms with Crippen molar-refractivity contribution in [2.75, 3.05) is 50.2 Å². The Hall–Kier alpha value is -5.24. The van der Waals surface area contributed by atoms with Gasteiger partial charge in [-0.3, -0.25) is 4.79 Å². The van der Waals surface area contributed by atoms with E-state index in [-0.39, 0.29) is 17.6 Å². The maximum absolute atomic E-state index is 15.7. The molecule has 0 saturated carbocycles. The number of nitrogens with zero attached hydrogens (tertiary/aromatic N) is 8. The third-order valence-corrected chi connectivity index (χ3v) is 7.67. The summed E-state index contributed by atoms with van der Waals surface area (Å²) < 4.78 is 41.3. The summed E-state index contributed by atoms with van der Waals surface area (Å²) in [7, 11) is 3.37.